The van der Waals surface area contributed by atoms with Crippen LogP contribution in [0.15, 0.2) is 89.9 Å². The van der Waals surface area contributed by atoms with Crippen LogP contribution in [-0.4, -0.2) is 5.96 Å². The fourth-order valence-corrected chi connectivity index (χ4v) is 3.66. The highest BCUT2D eigenvalue weighted by atomic mass is 31.2. The number of nitrogens with two attached hydrogens (primary N) is 3. The Morgan fingerprint density at radius 3 is 1.67 bits per heavy atom. The molecule has 3 aromatic carbocycles. The maximum Gasteiger partial charge on any atom is 0.313 e. The predicted molar refractivity (Wildman–Crippen MR) is 110 cm³/mol. The van der Waals surface area contributed by atoms with Gasteiger partial charge in [-0.1, -0.05) is 48.5 Å². The fraction of sp³-hybridized carbons (Fsp3) is 0.0500. The van der Waals surface area contributed by atoms with E-state index in [2.05, 4.69) is 4.99 Å². The highest BCUT2D eigenvalue weighted by Gasteiger charge is 2.26. The lowest BCUT2D eigenvalue weighted by Crippen LogP contribution is -2.21. The van der Waals surface area contributed by atoms with Crippen molar-refractivity contribution in [1.29, 1.82) is 0 Å². The molecule has 0 heterocycles. The summed E-state index contributed by atoms with van der Waals surface area (Å²) in [5.41, 5.74) is 18.8. The van der Waals surface area contributed by atoms with E-state index >= 15 is 0 Å². The van der Waals surface area contributed by atoms with Gasteiger partial charge in [0.05, 0.1) is 5.69 Å². The monoisotopic (exact) mass is 380 g/mol. The Morgan fingerprint density at radius 2 is 1.22 bits per heavy atom. The van der Waals surface area contributed by atoms with Gasteiger partial charge in [-0.2, -0.15) is 0 Å². The number of nitrogens with zero attached hydrogens (tertiary/aromatic N) is 1. The van der Waals surface area contributed by atoms with E-state index in [9.17, 15) is 0 Å². The largest absolute Gasteiger partial charge is 0.437 e. The molecule has 3 aromatic rings. The molecule has 0 aliphatic rings. The second-order valence-electron chi connectivity index (χ2n) is 5.67. The molecule has 0 aliphatic carbocycles. The predicted octanol–water partition coefficient (Wildman–Crippen LogP) is 4.02. The van der Waals surface area contributed by atoms with Crippen LogP contribution in [0, 0.1) is 0 Å². The minimum atomic E-state index is -1.48. The van der Waals surface area contributed by atoms with Crippen molar-refractivity contribution in [2.45, 2.75) is 5.78 Å². The van der Waals surface area contributed by atoms with Gasteiger partial charge in [0.25, 0.3) is 0 Å². The van der Waals surface area contributed by atoms with Crippen LogP contribution in [0.4, 0.5) is 5.69 Å². The topological polar surface area (TPSA) is 109 Å². The molecule has 0 aromatic heterocycles. The molecule has 0 aliphatic heterocycles. The normalized spacial score (nSPS) is 11.6. The summed E-state index contributed by atoms with van der Waals surface area (Å²) in [4.78, 5) is 4.01. The molecule has 6 N–H and O–H groups in total. The molecule has 138 valence electrons. The van der Waals surface area contributed by atoms with Crippen LogP contribution >= 0.6 is 8.38 Å². The van der Waals surface area contributed by atoms with Crippen LogP contribution in [0.25, 0.3) is 0 Å². The molecule has 0 fully saturated rings. The van der Waals surface area contributed by atoms with Crippen molar-refractivity contribution in [3.8, 4) is 11.5 Å². The third kappa shape index (κ3) is 5.45. The average Bonchev–Trinajstić information content (AvgIpc) is 2.69. The molecule has 3 rings (SSSR count). The van der Waals surface area contributed by atoms with Gasteiger partial charge in [-0.25, -0.2) is 4.99 Å². The van der Waals surface area contributed by atoms with Crippen molar-refractivity contribution in [2.75, 3.05) is 0 Å². The van der Waals surface area contributed by atoms with E-state index in [4.69, 9.17) is 26.2 Å². The standard InChI is InChI=1S/C20H21N4O2P/c21-19(15-11-13-16(14-12-15)24-20(22)23)27(25-17-7-3-1-4-8-17)26-18-9-5-2-6-10-18/h1-14,19H,21H2,(H4,22,23,24). The third-order valence-electron chi connectivity index (χ3n) is 3.60. The van der Waals surface area contributed by atoms with Gasteiger partial charge in [-0.15, -0.1) is 0 Å². The summed E-state index contributed by atoms with van der Waals surface area (Å²) in [6.45, 7) is 0. The second-order valence-corrected chi connectivity index (χ2v) is 7.16. The van der Waals surface area contributed by atoms with E-state index in [0.717, 1.165) is 5.56 Å². The number of aliphatic imine (C=N–C) groups is 1. The summed E-state index contributed by atoms with van der Waals surface area (Å²) >= 11 is 0. The number of para-hydroxylation sites is 2. The molecule has 0 amide bonds. The lowest BCUT2D eigenvalue weighted by Gasteiger charge is -2.24. The number of rotatable bonds is 7. The number of hydrogen-bond acceptors (Lipinski definition) is 4. The van der Waals surface area contributed by atoms with Gasteiger partial charge in [-0.3, -0.25) is 0 Å². The van der Waals surface area contributed by atoms with E-state index in [1.807, 2.05) is 72.8 Å². The van der Waals surface area contributed by atoms with Crippen LogP contribution in [-0.2, 0) is 0 Å². The van der Waals surface area contributed by atoms with Crippen molar-refractivity contribution in [2.24, 2.45) is 22.2 Å². The van der Waals surface area contributed by atoms with Crippen LogP contribution < -0.4 is 26.2 Å². The maximum absolute atomic E-state index is 6.48. The SMILES string of the molecule is NC(N)=Nc1ccc(C(N)P(Oc2ccccc2)Oc2ccccc2)cc1. The Kier molecular flexibility index (Phi) is 6.26. The van der Waals surface area contributed by atoms with Crippen LogP contribution in [0.1, 0.15) is 11.3 Å². The molecule has 0 saturated heterocycles. The zero-order valence-electron chi connectivity index (χ0n) is 14.6. The van der Waals surface area contributed by atoms with Gasteiger partial charge in [0, 0.05) is 0 Å². The zero-order valence-corrected chi connectivity index (χ0v) is 15.5. The summed E-state index contributed by atoms with van der Waals surface area (Å²) < 4.78 is 12.2. The maximum atomic E-state index is 6.48. The van der Waals surface area contributed by atoms with Crippen molar-refractivity contribution >= 4 is 20.0 Å². The van der Waals surface area contributed by atoms with E-state index in [1.54, 1.807) is 12.1 Å². The second kappa shape index (κ2) is 9.03. The summed E-state index contributed by atoms with van der Waals surface area (Å²) in [5.74, 6) is 0.946. The quantitative estimate of drug-likeness (QED) is 0.326. The molecular weight excluding hydrogens is 359 g/mol. The molecule has 0 radical (unpaired) electrons. The lowest BCUT2D eigenvalue weighted by atomic mass is 10.2. The van der Waals surface area contributed by atoms with Crippen LogP contribution in [0.2, 0.25) is 0 Å². The van der Waals surface area contributed by atoms with Gasteiger partial charge >= 0.3 is 8.38 Å². The van der Waals surface area contributed by atoms with Crippen molar-refractivity contribution < 1.29 is 9.05 Å². The van der Waals surface area contributed by atoms with Gasteiger partial charge in [0.2, 0.25) is 0 Å². The molecule has 0 bridgehead atoms. The molecule has 7 heteroatoms. The summed E-state index contributed by atoms with van der Waals surface area (Å²) in [7, 11) is -1.48. The first kappa shape index (κ1) is 18.7. The van der Waals surface area contributed by atoms with Crippen molar-refractivity contribution in [3.63, 3.8) is 0 Å². The first-order chi connectivity index (χ1) is 13.1. The highest BCUT2D eigenvalue weighted by molar-refractivity contribution is 7.48. The van der Waals surface area contributed by atoms with E-state index in [0.29, 0.717) is 17.2 Å². The van der Waals surface area contributed by atoms with Gasteiger partial charge in [-0.05, 0) is 42.0 Å². The van der Waals surface area contributed by atoms with E-state index < -0.39 is 14.2 Å². The first-order valence-electron chi connectivity index (χ1n) is 8.32. The summed E-state index contributed by atoms with van der Waals surface area (Å²) in [6.07, 6.45) is 0. The highest BCUT2D eigenvalue weighted by Crippen LogP contribution is 2.50. The van der Waals surface area contributed by atoms with Crippen LogP contribution in [0.3, 0.4) is 0 Å². The first-order valence-corrected chi connectivity index (χ1v) is 9.57. The number of benzene rings is 3. The van der Waals surface area contributed by atoms with Gasteiger partial charge in [0.15, 0.2) is 5.96 Å². The minimum absolute atomic E-state index is 0.00845. The molecule has 27 heavy (non-hydrogen) atoms. The fourth-order valence-electron chi connectivity index (χ4n) is 2.32. The lowest BCUT2D eigenvalue weighted by molar-refractivity contribution is 0.476. The Labute approximate surface area is 159 Å². The van der Waals surface area contributed by atoms with E-state index in [-0.39, 0.29) is 5.96 Å². The van der Waals surface area contributed by atoms with Gasteiger partial charge in [0.1, 0.15) is 17.3 Å². The van der Waals surface area contributed by atoms with Crippen molar-refractivity contribution in [3.05, 3.63) is 90.5 Å². The molecular formula is C20H21N4O2P. The Balaban J connectivity index is 1.83. The van der Waals surface area contributed by atoms with Crippen molar-refractivity contribution in [1.82, 2.24) is 0 Å². The Morgan fingerprint density at radius 1 is 0.741 bits per heavy atom. The Hall–Kier alpha value is -3.08. The van der Waals surface area contributed by atoms with Crippen LogP contribution in [0.5, 0.6) is 11.5 Å². The number of hydrogen-bond donors (Lipinski definition) is 3. The molecule has 6 nitrogen and oxygen atoms in total. The zero-order chi connectivity index (χ0) is 19.1. The molecule has 1 atom stereocenters. The summed E-state index contributed by atoms with van der Waals surface area (Å²) in [5, 5.41) is 0. The Bertz CT molecular complexity index is 828. The average molecular weight is 380 g/mol. The molecule has 1 unspecified atom stereocenters. The number of guanidine groups is 1. The molecule has 0 saturated carbocycles. The third-order valence-corrected chi connectivity index (χ3v) is 5.13. The van der Waals surface area contributed by atoms with E-state index in [1.165, 1.54) is 0 Å². The smallest absolute Gasteiger partial charge is 0.313 e. The minimum Gasteiger partial charge on any atom is -0.437 e. The molecule has 0 spiro atoms. The van der Waals surface area contributed by atoms with Gasteiger partial charge < -0.3 is 26.2 Å². The summed E-state index contributed by atoms with van der Waals surface area (Å²) in [6, 6.07) is 26.3.